The van der Waals surface area contributed by atoms with Gasteiger partial charge in [0.25, 0.3) is 0 Å². The largest absolute Gasteiger partial charge is 0.466 e. The summed E-state index contributed by atoms with van der Waals surface area (Å²) in [5, 5.41) is 0. The topological polar surface area (TPSA) is 26.3 Å². The maximum absolute atomic E-state index is 11.5. The molecule has 1 aliphatic rings. The number of esters is 1. The SMILES string of the molecule is CC=CCC1(C(C)C(=O)OCC)CC1. The molecule has 1 rings (SSSR count). The van der Waals surface area contributed by atoms with Gasteiger partial charge in [0.05, 0.1) is 12.5 Å². The molecule has 2 heteroatoms. The molecule has 0 N–H and O–H groups in total. The zero-order valence-corrected chi connectivity index (χ0v) is 9.38. The molecule has 0 aromatic heterocycles. The van der Waals surface area contributed by atoms with Gasteiger partial charge in [0.1, 0.15) is 0 Å². The summed E-state index contributed by atoms with van der Waals surface area (Å²) < 4.78 is 5.05. The van der Waals surface area contributed by atoms with Gasteiger partial charge in [0, 0.05) is 0 Å². The van der Waals surface area contributed by atoms with E-state index in [1.165, 1.54) is 0 Å². The van der Waals surface area contributed by atoms with Crippen LogP contribution in [0.3, 0.4) is 0 Å². The Kier molecular flexibility index (Phi) is 3.73. The van der Waals surface area contributed by atoms with Crippen molar-refractivity contribution < 1.29 is 9.53 Å². The highest BCUT2D eigenvalue weighted by Crippen LogP contribution is 2.55. The summed E-state index contributed by atoms with van der Waals surface area (Å²) in [4.78, 5) is 11.5. The third-order valence-corrected chi connectivity index (χ3v) is 3.21. The third kappa shape index (κ3) is 2.37. The second-order valence-corrected chi connectivity index (χ2v) is 4.11. The quantitative estimate of drug-likeness (QED) is 0.499. The maximum Gasteiger partial charge on any atom is 0.309 e. The Balaban J connectivity index is 2.50. The van der Waals surface area contributed by atoms with Crippen LogP contribution < -0.4 is 0 Å². The molecule has 0 aromatic rings. The number of allylic oxidation sites excluding steroid dienone is 2. The lowest BCUT2D eigenvalue weighted by Crippen LogP contribution is -2.24. The number of ether oxygens (including phenoxy) is 1. The van der Waals surface area contributed by atoms with E-state index in [-0.39, 0.29) is 17.3 Å². The molecular formula is C12H20O2. The second kappa shape index (κ2) is 4.63. The average molecular weight is 196 g/mol. The van der Waals surface area contributed by atoms with Gasteiger partial charge in [-0.05, 0) is 38.5 Å². The van der Waals surface area contributed by atoms with Gasteiger partial charge in [-0.25, -0.2) is 0 Å². The van der Waals surface area contributed by atoms with Gasteiger partial charge in [-0.2, -0.15) is 0 Å². The predicted molar refractivity (Wildman–Crippen MR) is 56.9 cm³/mol. The van der Waals surface area contributed by atoms with E-state index in [1.807, 2.05) is 20.8 Å². The zero-order valence-electron chi connectivity index (χ0n) is 9.38. The molecule has 0 aromatic carbocycles. The van der Waals surface area contributed by atoms with Gasteiger partial charge in [-0.3, -0.25) is 4.79 Å². The molecule has 1 fully saturated rings. The van der Waals surface area contributed by atoms with E-state index >= 15 is 0 Å². The summed E-state index contributed by atoms with van der Waals surface area (Å²) in [5.74, 6) is 0.0214. The van der Waals surface area contributed by atoms with Crippen LogP contribution in [-0.2, 0) is 9.53 Å². The first-order valence-corrected chi connectivity index (χ1v) is 5.44. The van der Waals surface area contributed by atoms with Crippen molar-refractivity contribution in [2.45, 2.75) is 40.0 Å². The van der Waals surface area contributed by atoms with E-state index in [1.54, 1.807) is 0 Å². The molecule has 1 atom stereocenters. The van der Waals surface area contributed by atoms with Gasteiger partial charge < -0.3 is 4.74 Å². The number of carbonyl (C=O) groups is 1. The summed E-state index contributed by atoms with van der Waals surface area (Å²) >= 11 is 0. The fourth-order valence-corrected chi connectivity index (χ4v) is 1.84. The highest BCUT2D eigenvalue weighted by atomic mass is 16.5. The molecule has 0 bridgehead atoms. The maximum atomic E-state index is 11.5. The molecule has 0 saturated heterocycles. The Morgan fingerprint density at radius 2 is 2.21 bits per heavy atom. The molecular weight excluding hydrogens is 176 g/mol. The zero-order chi connectivity index (χ0) is 10.6. The van der Waals surface area contributed by atoms with E-state index in [9.17, 15) is 4.79 Å². The van der Waals surface area contributed by atoms with Gasteiger partial charge in [0.2, 0.25) is 0 Å². The van der Waals surface area contributed by atoms with Gasteiger partial charge in [-0.15, -0.1) is 0 Å². The second-order valence-electron chi connectivity index (χ2n) is 4.11. The van der Waals surface area contributed by atoms with Crippen molar-refractivity contribution >= 4 is 5.97 Å². The van der Waals surface area contributed by atoms with E-state index in [0.717, 1.165) is 19.3 Å². The average Bonchev–Trinajstić information content (AvgIpc) is 2.95. The number of hydrogen-bond acceptors (Lipinski definition) is 2. The standard InChI is InChI=1S/C12H20O2/c1-4-6-7-12(8-9-12)10(3)11(13)14-5-2/h4,6,10H,5,7-9H2,1-3H3. The Morgan fingerprint density at radius 1 is 1.57 bits per heavy atom. The molecule has 2 nitrogen and oxygen atoms in total. The van der Waals surface area contributed by atoms with Crippen molar-refractivity contribution in [3.05, 3.63) is 12.2 Å². The Labute approximate surface area is 86.3 Å². The van der Waals surface area contributed by atoms with Crippen LogP contribution in [0.2, 0.25) is 0 Å². The predicted octanol–water partition coefficient (Wildman–Crippen LogP) is 2.93. The minimum Gasteiger partial charge on any atom is -0.466 e. The highest BCUT2D eigenvalue weighted by molar-refractivity contribution is 5.73. The molecule has 0 radical (unpaired) electrons. The first-order valence-electron chi connectivity index (χ1n) is 5.44. The Hall–Kier alpha value is -0.790. The molecule has 0 spiro atoms. The summed E-state index contributed by atoms with van der Waals surface area (Å²) in [5.41, 5.74) is 0.221. The smallest absolute Gasteiger partial charge is 0.309 e. The Bertz CT molecular complexity index is 226. The van der Waals surface area contributed by atoms with E-state index < -0.39 is 0 Å². The van der Waals surface area contributed by atoms with Gasteiger partial charge in [0.15, 0.2) is 0 Å². The number of carbonyl (C=O) groups excluding carboxylic acids is 1. The van der Waals surface area contributed by atoms with E-state index in [4.69, 9.17) is 4.74 Å². The molecule has 0 heterocycles. The van der Waals surface area contributed by atoms with Crippen LogP contribution in [0.15, 0.2) is 12.2 Å². The molecule has 1 aliphatic carbocycles. The lowest BCUT2D eigenvalue weighted by atomic mass is 9.87. The highest BCUT2D eigenvalue weighted by Gasteiger charge is 2.49. The van der Waals surface area contributed by atoms with Crippen molar-refractivity contribution in [1.29, 1.82) is 0 Å². The van der Waals surface area contributed by atoms with Crippen molar-refractivity contribution in [2.75, 3.05) is 6.61 Å². The van der Waals surface area contributed by atoms with Crippen LogP contribution in [0.4, 0.5) is 0 Å². The van der Waals surface area contributed by atoms with Crippen LogP contribution >= 0.6 is 0 Å². The van der Waals surface area contributed by atoms with Crippen LogP contribution in [0.5, 0.6) is 0 Å². The minimum absolute atomic E-state index is 0.0329. The third-order valence-electron chi connectivity index (χ3n) is 3.21. The van der Waals surface area contributed by atoms with Crippen LogP contribution in [-0.4, -0.2) is 12.6 Å². The van der Waals surface area contributed by atoms with E-state index in [2.05, 4.69) is 12.2 Å². The number of hydrogen-bond donors (Lipinski definition) is 0. The number of rotatable bonds is 5. The summed E-state index contributed by atoms with van der Waals surface area (Å²) in [6, 6.07) is 0. The first kappa shape index (κ1) is 11.3. The molecule has 1 saturated carbocycles. The normalized spacial score (nSPS) is 20.8. The van der Waals surface area contributed by atoms with Gasteiger partial charge >= 0.3 is 5.97 Å². The van der Waals surface area contributed by atoms with Crippen LogP contribution in [0.25, 0.3) is 0 Å². The van der Waals surface area contributed by atoms with Crippen LogP contribution in [0.1, 0.15) is 40.0 Å². The summed E-state index contributed by atoms with van der Waals surface area (Å²) in [7, 11) is 0. The van der Waals surface area contributed by atoms with Crippen molar-refractivity contribution in [2.24, 2.45) is 11.3 Å². The lowest BCUT2D eigenvalue weighted by Gasteiger charge is -2.20. The van der Waals surface area contributed by atoms with Crippen molar-refractivity contribution in [3.8, 4) is 0 Å². The monoisotopic (exact) mass is 196 g/mol. The molecule has 14 heavy (non-hydrogen) atoms. The fourth-order valence-electron chi connectivity index (χ4n) is 1.84. The van der Waals surface area contributed by atoms with Crippen molar-refractivity contribution in [1.82, 2.24) is 0 Å². The summed E-state index contributed by atoms with van der Waals surface area (Å²) in [6.45, 7) is 6.36. The van der Waals surface area contributed by atoms with E-state index in [0.29, 0.717) is 6.61 Å². The summed E-state index contributed by atoms with van der Waals surface area (Å²) in [6.07, 6.45) is 7.55. The molecule has 0 amide bonds. The van der Waals surface area contributed by atoms with Crippen LogP contribution in [0, 0.1) is 11.3 Å². The molecule has 80 valence electrons. The van der Waals surface area contributed by atoms with Gasteiger partial charge in [-0.1, -0.05) is 19.1 Å². The minimum atomic E-state index is -0.0329. The first-order chi connectivity index (χ1) is 6.66. The lowest BCUT2D eigenvalue weighted by molar-refractivity contribution is -0.149. The Morgan fingerprint density at radius 3 is 2.64 bits per heavy atom. The van der Waals surface area contributed by atoms with Crippen molar-refractivity contribution in [3.63, 3.8) is 0 Å². The molecule has 1 unspecified atom stereocenters. The molecule has 0 aliphatic heterocycles. The fraction of sp³-hybridized carbons (Fsp3) is 0.750.